The van der Waals surface area contributed by atoms with Crippen molar-refractivity contribution in [2.24, 2.45) is 0 Å². The Hall–Kier alpha value is -2.77. The van der Waals surface area contributed by atoms with Crippen LogP contribution in [-0.2, 0) is 22.0 Å². The van der Waals surface area contributed by atoms with Gasteiger partial charge in [-0.2, -0.15) is 0 Å². The van der Waals surface area contributed by atoms with Crippen LogP contribution in [0.3, 0.4) is 0 Å². The van der Waals surface area contributed by atoms with Crippen molar-refractivity contribution < 1.29 is 8.42 Å². The minimum absolute atomic E-state index is 0.0352. The summed E-state index contributed by atoms with van der Waals surface area (Å²) in [5, 5.41) is 3.34. The molecule has 1 aliphatic heterocycles. The van der Waals surface area contributed by atoms with E-state index in [1.54, 1.807) is 20.8 Å². The number of benzene rings is 2. The van der Waals surface area contributed by atoms with Gasteiger partial charge in [-0.25, -0.2) is 18.4 Å². The lowest BCUT2D eigenvalue weighted by Gasteiger charge is -2.29. The van der Waals surface area contributed by atoms with Crippen LogP contribution >= 0.6 is 0 Å². The van der Waals surface area contributed by atoms with Gasteiger partial charge in [-0.3, -0.25) is 0 Å². The van der Waals surface area contributed by atoms with Crippen molar-refractivity contribution in [3.05, 3.63) is 82.7 Å². The molecule has 0 saturated carbocycles. The van der Waals surface area contributed by atoms with Gasteiger partial charge in [-0.15, -0.1) is 0 Å². The molecule has 4 rings (SSSR count). The Kier molecular flexibility index (Phi) is 7.81. The highest BCUT2D eigenvalue weighted by atomic mass is 32.2. The van der Waals surface area contributed by atoms with Crippen molar-refractivity contribution in [2.45, 2.75) is 63.4 Å². The average molecular weight is 507 g/mol. The minimum atomic E-state index is -3.24. The number of hydrogen-bond donors (Lipinski definition) is 1. The van der Waals surface area contributed by atoms with E-state index >= 15 is 0 Å². The number of anilines is 2. The van der Waals surface area contributed by atoms with Gasteiger partial charge >= 0.3 is 0 Å². The van der Waals surface area contributed by atoms with Crippen molar-refractivity contribution in [3.8, 4) is 0 Å². The van der Waals surface area contributed by atoms with Crippen molar-refractivity contribution in [3.63, 3.8) is 0 Å². The number of aryl methyl sites for hydroxylation is 1. The van der Waals surface area contributed by atoms with Gasteiger partial charge in [0, 0.05) is 18.3 Å². The van der Waals surface area contributed by atoms with E-state index in [0.717, 1.165) is 41.2 Å². The number of rotatable bonds is 7. The van der Waals surface area contributed by atoms with Gasteiger partial charge in [0.05, 0.1) is 16.2 Å². The zero-order chi connectivity index (χ0) is 25.9. The average Bonchev–Trinajstić information content (AvgIpc) is 2.82. The van der Waals surface area contributed by atoms with E-state index in [1.165, 1.54) is 18.4 Å². The van der Waals surface area contributed by atoms with Crippen LogP contribution in [0.25, 0.3) is 0 Å². The Bertz CT molecular complexity index is 1290. The first kappa shape index (κ1) is 26.3. The first-order chi connectivity index (χ1) is 17.0. The second-order valence-corrected chi connectivity index (χ2v) is 13.8. The van der Waals surface area contributed by atoms with Crippen LogP contribution in [0.5, 0.6) is 0 Å². The maximum absolute atomic E-state index is 12.7. The topological polar surface area (TPSA) is 75.2 Å². The number of piperidine rings is 1. The number of hydrogen-bond acceptors (Lipinski definition) is 6. The Morgan fingerprint density at radius 3 is 2.36 bits per heavy atom. The van der Waals surface area contributed by atoms with Crippen LogP contribution in [0.15, 0.2) is 54.7 Å². The maximum atomic E-state index is 12.7. The Morgan fingerprint density at radius 1 is 1.03 bits per heavy atom. The van der Waals surface area contributed by atoms with Crippen LogP contribution in [-0.4, -0.2) is 48.2 Å². The quantitative estimate of drug-likeness (QED) is 0.447. The first-order valence-corrected chi connectivity index (χ1v) is 14.3. The summed E-state index contributed by atoms with van der Waals surface area (Å²) in [7, 11) is -1.05. The molecule has 1 fully saturated rings. The van der Waals surface area contributed by atoms with E-state index in [1.807, 2.05) is 37.4 Å². The minimum Gasteiger partial charge on any atom is -0.324 e. The van der Waals surface area contributed by atoms with E-state index in [2.05, 4.69) is 46.5 Å². The number of likely N-dealkylation sites (tertiary alicyclic amines) is 1. The Balaban J connectivity index is 1.45. The van der Waals surface area contributed by atoms with Gasteiger partial charge in [0.2, 0.25) is 5.95 Å². The normalized spacial score (nSPS) is 15.7. The third-order valence-electron chi connectivity index (χ3n) is 7.09. The largest absolute Gasteiger partial charge is 0.324 e. The zero-order valence-electron chi connectivity index (χ0n) is 22.1. The van der Waals surface area contributed by atoms with Crippen molar-refractivity contribution in [2.75, 3.05) is 25.5 Å². The molecular weight excluding hydrogens is 468 g/mol. The van der Waals surface area contributed by atoms with Crippen LogP contribution in [0.1, 0.15) is 67.5 Å². The van der Waals surface area contributed by atoms with E-state index in [-0.39, 0.29) is 5.75 Å². The zero-order valence-corrected chi connectivity index (χ0v) is 22.9. The SMILES string of the molecule is Cc1cnc(Nc2ccc(C3CCN(C)CC3)cc2)nc1Cc1cccc(CS(=O)(=O)C(C)(C)C)c1. The summed E-state index contributed by atoms with van der Waals surface area (Å²) in [6.45, 7) is 9.54. The first-order valence-electron chi connectivity index (χ1n) is 12.7. The fourth-order valence-corrected chi connectivity index (χ4v) is 5.54. The molecule has 2 aromatic carbocycles. The summed E-state index contributed by atoms with van der Waals surface area (Å²) in [6, 6.07) is 16.4. The molecule has 3 aromatic rings. The molecule has 36 heavy (non-hydrogen) atoms. The second-order valence-electron chi connectivity index (χ2n) is 11.0. The highest BCUT2D eigenvalue weighted by molar-refractivity contribution is 7.91. The van der Waals surface area contributed by atoms with Gasteiger partial charge in [-0.1, -0.05) is 36.4 Å². The molecule has 192 valence electrons. The van der Waals surface area contributed by atoms with Gasteiger partial charge in [0.15, 0.2) is 9.84 Å². The monoisotopic (exact) mass is 506 g/mol. The van der Waals surface area contributed by atoms with E-state index in [4.69, 9.17) is 4.98 Å². The van der Waals surface area contributed by atoms with Gasteiger partial charge < -0.3 is 10.2 Å². The van der Waals surface area contributed by atoms with Gasteiger partial charge in [-0.05, 0) is 101 Å². The molecule has 1 aliphatic rings. The summed E-state index contributed by atoms with van der Waals surface area (Å²) < 4.78 is 24.5. The summed E-state index contributed by atoms with van der Waals surface area (Å²) in [4.78, 5) is 11.7. The van der Waals surface area contributed by atoms with Gasteiger partial charge in [0.1, 0.15) is 0 Å². The molecule has 0 bridgehead atoms. The molecule has 0 amide bonds. The number of nitrogens with one attached hydrogen (secondary N) is 1. The van der Waals surface area contributed by atoms with E-state index in [0.29, 0.717) is 18.3 Å². The molecule has 7 heteroatoms. The smallest absolute Gasteiger partial charge is 0.227 e. The molecular formula is C29H38N4O2S. The predicted octanol–water partition coefficient (Wildman–Crippen LogP) is 5.64. The molecule has 1 saturated heterocycles. The fourth-order valence-electron chi connectivity index (χ4n) is 4.48. The maximum Gasteiger partial charge on any atom is 0.227 e. The van der Waals surface area contributed by atoms with Crippen LogP contribution < -0.4 is 5.32 Å². The fraction of sp³-hybridized carbons (Fsp3) is 0.448. The number of aromatic nitrogens is 2. The molecule has 0 unspecified atom stereocenters. The van der Waals surface area contributed by atoms with E-state index < -0.39 is 14.6 Å². The lowest BCUT2D eigenvalue weighted by molar-refractivity contribution is 0.255. The summed E-state index contributed by atoms with van der Waals surface area (Å²) in [5.41, 5.74) is 6.13. The van der Waals surface area contributed by atoms with E-state index in [9.17, 15) is 8.42 Å². The van der Waals surface area contributed by atoms with Crippen LogP contribution in [0.4, 0.5) is 11.6 Å². The lowest BCUT2D eigenvalue weighted by Crippen LogP contribution is -2.29. The molecule has 0 atom stereocenters. The lowest BCUT2D eigenvalue weighted by atomic mass is 9.89. The summed E-state index contributed by atoms with van der Waals surface area (Å²) in [6.07, 6.45) is 4.86. The third-order valence-corrected chi connectivity index (χ3v) is 9.67. The Morgan fingerprint density at radius 2 is 1.69 bits per heavy atom. The predicted molar refractivity (Wildman–Crippen MR) is 148 cm³/mol. The molecule has 6 nitrogen and oxygen atoms in total. The summed E-state index contributed by atoms with van der Waals surface area (Å²) in [5.74, 6) is 1.23. The number of nitrogens with zero attached hydrogens (tertiary/aromatic N) is 3. The van der Waals surface area contributed by atoms with Gasteiger partial charge in [0.25, 0.3) is 0 Å². The van der Waals surface area contributed by atoms with Crippen molar-refractivity contribution in [1.82, 2.24) is 14.9 Å². The highest BCUT2D eigenvalue weighted by Crippen LogP contribution is 2.29. The number of sulfone groups is 1. The van der Waals surface area contributed by atoms with Crippen molar-refractivity contribution in [1.29, 1.82) is 0 Å². The Labute approximate surface area is 216 Å². The molecule has 0 aliphatic carbocycles. The molecule has 1 aromatic heterocycles. The van der Waals surface area contributed by atoms with Crippen LogP contribution in [0, 0.1) is 6.92 Å². The molecule has 2 heterocycles. The molecule has 1 N–H and O–H groups in total. The van der Waals surface area contributed by atoms with Crippen LogP contribution in [0.2, 0.25) is 0 Å². The molecule has 0 radical (unpaired) electrons. The standard InChI is InChI=1S/C29H38N4O2S/c1-21-19-30-28(31-26-11-9-24(10-12-26)25-13-15-33(5)16-14-25)32-27(21)18-22-7-6-8-23(17-22)20-36(34,35)29(2,3)4/h6-12,17,19,25H,13-16,18,20H2,1-5H3,(H,30,31,32). The third kappa shape index (κ3) is 6.51. The molecule has 0 spiro atoms. The highest BCUT2D eigenvalue weighted by Gasteiger charge is 2.29. The van der Waals surface area contributed by atoms with Crippen molar-refractivity contribution >= 4 is 21.5 Å². The summed E-state index contributed by atoms with van der Waals surface area (Å²) >= 11 is 0. The second kappa shape index (κ2) is 10.7.